The third kappa shape index (κ3) is 1.43. The van der Waals surface area contributed by atoms with Crippen molar-refractivity contribution in [3.63, 3.8) is 0 Å². The summed E-state index contributed by atoms with van der Waals surface area (Å²) in [6.07, 6.45) is 7.39. The van der Waals surface area contributed by atoms with Gasteiger partial charge in [-0.25, -0.2) is 4.98 Å². The largest absolute Gasteiger partial charge is 0.348 e. The van der Waals surface area contributed by atoms with E-state index in [9.17, 15) is 4.79 Å². The molecule has 0 spiro atoms. The first-order valence-corrected chi connectivity index (χ1v) is 5.69. The summed E-state index contributed by atoms with van der Waals surface area (Å²) in [5.41, 5.74) is 1.50. The fourth-order valence-corrected chi connectivity index (χ4v) is 2.44. The molecule has 3 rings (SSSR count). The molecule has 0 aliphatic heterocycles. The standard InChI is InChI=1S/C11H13N3O2/c15-11-10-9(12-6-13-11)8(14-16-10)7-4-2-1-3-5-7/h6-7H,1-5H2,(H,12,13,15). The summed E-state index contributed by atoms with van der Waals surface area (Å²) in [6.45, 7) is 0. The van der Waals surface area contributed by atoms with Crippen molar-refractivity contribution in [3.8, 4) is 0 Å². The van der Waals surface area contributed by atoms with Gasteiger partial charge < -0.3 is 9.51 Å². The number of aromatic amines is 1. The molecule has 0 bridgehead atoms. The van der Waals surface area contributed by atoms with Gasteiger partial charge in [-0.15, -0.1) is 0 Å². The van der Waals surface area contributed by atoms with E-state index in [1.54, 1.807) is 0 Å². The van der Waals surface area contributed by atoms with Gasteiger partial charge in [0.25, 0.3) is 5.56 Å². The highest BCUT2D eigenvalue weighted by Gasteiger charge is 2.23. The minimum absolute atomic E-state index is 0.250. The molecule has 0 radical (unpaired) electrons. The molecule has 0 atom stereocenters. The summed E-state index contributed by atoms with van der Waals surface area (Å²) >= 11 is 0. The number of rotatable bonds is 1. The molecule has 0 unspecified atom stereocenters. The average molecular weight is 219 g/mol. The maximum atomic E-state index is 11.4. The van der Waals surface area contributed by atoms with Crippen molar-refractivity contribution in [3.05, 3.63) is 22.4 Å². The van der Waals surface area contributed by atoms with Crippen LogP contribution in [0.1, 0.15) is 43.7 Å². The van der Waals surface area contributed by atoms with Gasteiger partial charge in [0, 0.05) is 5.92 Å². The Balaban J connectivity index is 2.10. The molecule has 0 saturated heterocycles. The molecule has 1 aliphatic rings. The van der Waals surface area contributed by atoms with Gasteiger partial charge in [0.1, 0.15) is 11.2 Å². The van der Waals surface area contributed by atoms with E-state index in [-0.39, 0.29) is 11.1 Å². The molecule has 0 aromatic carbocycles. The van der Waals surface area contributed by atoms with Crippen molar-refractivity contribution in [2.45, 2.75) is 38.0 Å². The Hall–Kier alpha value is -1.65. The summed E-state index contributed by atoms with van der Waals surface area (Å²) in [4.78, 5) is 18.1. The van der Waals surface area contributed by atoms with Gasteiger partial charge >= 0.3 is 0 Å². The van der Waals surface area contributed by atoms with Gasteiger partial charge in [0.15, 0.2) is 0 Å². The van der Waals surface area contributed by atoms with Crippen LogP contribution >= 0.6 is 0 Å². The lowest BCUT2D eigenvalue weighted by molar-refractivity contribution is 0.395. The SMILES string of the molecule is O=c1[nH]cnc2c(C3CCCCC3)noc12. The van der Waals surface area contributed by atoms with Crippen molar-refractivity contribution in [1.82, 2.24) is 15.1 Å². The van der Waals surface area contributed by atoms with E-state index in [0.717, 1.165) is 18.5 Å². The van der Waals surface area contributed by atoms with Crippen LogP contribution in [0, 0.1) is 0 Å². The molecule has 16 heavy (non-hydrogen) atoms. The fraction of sp³-hybridized carbons (Fsp3) is 0.545. The molecule has 5 heteroatoms. The second kappa shape index (κ2) is 3.73. The van der Waals surface area contributed by atoms with Crippen molar-refractivity contribution in [2.75, 3.05) is 0 Å². The van der Waals surface area contributed by atoms with Crippen LogP contribution in [-0.2, 0) is 0 Å². The highest BCUT2D eigenvalue weighted by Crippen LogP contribution is 2.34. The minimum atomic E-state index is -0.250. The third-order valence-electron chi connectivity index (χ3n) is 3.28. The zero-order valence-electron chi connectivity index (χ0n) is 8.90. The number of nitrogens with zero attached hydrogens (tertiary/aromatic N) is 2. The van der Waals surface area contributed by atoms with Crippen LogP contribution < -0.4 is 5.56 Å². The monoisotopic (exact) mass is 219 g/mol. The lowest BCUT2D eigenvalue weighted by Crippen LogP contribution is -2.08. The first-order chi connectivity index (χ1) is 7.86. The lowest BCUT2D eigenvalue weighted by atomic mass is 9.86. The van der Waals surface area contributed by atoms with Gasteiger partial charge in [-0.05, 0) is 12.8 Å². The van der Waals surface area contributed by atoms with Gasteiger partial charge in [0.05, 0.1) is 6.33 Å². The second-order valence-corrected chi connectivity index (χ2v) is 4.31. The molecule has 84 valence electrons. The Labute approximate surface area is 91.9 Å². The molecule has 1 saturated carbocycles. The summed E-state index contributed by atoms with van der Waals surface area (Å²) in [5, 5.41) is 4.02. The normalized spacial score (nSPS) is 18.0. The van der Waals surface area contributed by atoms with Crippen molar-refractivity contribution in [2.24, 2.45) is 0 Å². The number of hydrogen-bond donors (Lipinski definition) is 1. The van der Waals surface area contributed by atoms with Gasteiger partial charge in [0.2, 0.25) is 5.58 Å². The summed E-state index contributed by atoms with van der Waals surface area (Å²) in [7, 11) is 0. The van der Waals surface area contributed by atoms with E-state index >= 15 is 0 Å². The van der Waals surface area contributed by atoms with Gasteiger partial charge in [-0.1, -0.05) is 24.4 Å². The van der Waals surface area contributed by atoms with Crippen LogP contribution in [0.2, 0.25) is 0 Å². The van der Waals surface area contributed by atoms with E-state index < -0.39 is 0 Å². The minimum Gasteiger partial charge on any atom is -0.348 e. The van der Waals surface area contributed by atoms with Crippen LogP contribution in [0.4, 0.5) is 0 Å². The number of fused-ring (bicyclic) bond motifs is 1. The second-order valence-electron chi connectivity index (χ2n) is 4.31. The molecule has 5 nitrogen and oxygen atoms in total. The van der Waals surface area contributed by atoms with Crippen molar-refractivity contribution >= 4 is 11.1 Å². The highest BCUT2D eigenvalue weighted by atomic mass is 16.5. The Morgan fingerprint density at radius 2 is 2.12 bits per heavy atom. The Morgan fingerprint density at radius 3 is 2.94 bits per heavy atom. The molecule has 1 fully saturated rings. The van der Waals surface area contributed by atoms with Crippen LogP contribution in [0.3, 0.4) is 0 Å². The molecule has 0 amide bonds. The van der Waals surface area contributed by atoms with Crippen molar-refractivity contribution < 1.29 is 4.52 Å². The predicted molar refractivity (Wildman–Crippen MR) is 58.3 cm³/mol. The average Bonchev–Trinajstić information content (AvgIpc) is 2.75. The smallest absolute Gasteiger partial charge is 0.297 e. The summed E-state index contributed by atoms with van der Waals surface area (Å²) < 4.78 is 5.08. The van der Waals surface area contributed by atoms with Crippen LogP contribution in [0.25, 0.3) is 11.1 Å². The maximum absolute atomic E-state index is 11.4. The van der Waals surface area contributed by atoms with E-state index in [1.165, 1.54) is 25.6 Å². The summed E-state index contributed by atoms with van der Waals surface area (Å²) in [6, 6.07) is 0. The zero-order chi connectivity index (χ0) is 11.0. The zero-order valence-corrected chi connectivity index (χ0v) is 8.90. The van der Waals surface area contributed by atoms with E-state index in [4.69, 9.17) is 4.52 Å². The van der Waals surface area contributed by atoms with E-state index in [0.29, 0.717) is 11.4 Å². The Kier molecular flexibility index (Phi) is 2.23. The van der Waals surface area contributed by atoms with E-state index in [2.05, 4.69) is 15.1 Å². The quantitative estimate of drug-likeness (QED) is 0.795. The number of aromatic nitrogens is 3. The topological polar surface area (TPSA) is 71.8 Å². The van der Waals surface area contributed by atoms with Crippen LogP contribution in [0.15, 0.2) is 15.6 Å². The van der Waals surface area contributed by atoms with Crippen molar-refractivity contribution in [1.29, 1.82) is 0 Å². The molecule has 2 aromatic rings. The van der Waals surface area contributed by atoms with Gasteiger partial charge in [-0.2, -0.15) is 0 Å². The molecule has 1 aliphatic carbocycles. The number of hydrogen-bond acceptors (Lipinski definition) is 4. The third-order valence-corrected chi connectivity index (χ3v) is 3.28. The molecule has 2 heterocycles. The molecule has 1 N–H and O–H groups in total. The number of nitrogens with one attached hydrogen (secondary N) is 1. The molecular weight excluding hydrogens is 206 g/mol. The summed E-state index contributed by atoms with van der Waals surface area (Å²) in [5.74, 6) is 0.407. The Morgan fingerprint density at radius 1 is 1.31 bits per heavy atom. The maximum Gasteiger partial charge on any atom is 0.297 e. The van der Waals surface area contributed by atoms with Crippen LogP contribution in [-0.4, -0.2) is 15.1 Å². The lowest BCUT2D eigenvalue weighted by Gasteiger charge is -2.18. The first-order valence-electron chi connectivity index (χ1n) is 5.69. The highest BCUT2D eigenvalue weighted by molar-refractivity contribution is 5.73. The Bertz CT molecular complexity index is 552. The predicted octanol–water partition coefficient (Wildman–Crippen LogP) is 1.96. The van der Waals surface area contributed by atoms with Gasteiger partial charge in [-0.3, -0.25) is 4.79 Å². The van der Waals surface area contributed by atoms with Crippen LogP contribution in [0.5, 0.6) is 0 Å². The number of H-pyrrole nitrogens is 1. The first kappa shape index (κ1) is 9.57. The molecular formula is C11H13N3O2. The van der Waals surface area contributed by atoms with E-state index in [1.807, 2.05) is 0 Å². The fourth-order valence-electron chi connectivity index (χ4n) is 2.44. The molecule has 2 aromatic heterocycles.